The van der Waals surface area contributed by atoms with E-state index in [1.807, 2.05) is 49.6 Å². The van der Waals surface area contributed by atoms with Gasteiger partial charge >= 0.3 is 0 Å². The highest BCUT2D eigenvalue weighted by Crippen LogP contribution is 2.30. The summed E-state index contributed by atoms with van der Waals surface area (Å²) >= 11 is 0. The van der Waals surface area contributed by atoms with Crippen LogP contribution in [0.4, 0.5) is 5.69 Å². The van der Waals surface area contributed by atoms with Crippen LogP contribution < -0.4 is 0 Å². The standard InChI is InChI=1S/C18H16N2/c1-2-3-13-19-17-14-20(15-9-5-4-6-10-15)18-12-8-7-11-16(17)18/h2-14H,1H3/b3-2-,19-13-. The lowest BCUT2D eigenvalue weighted by Crippen LogP contribution is -1.89. The van der Waals surface area contributed by atoms with Gasteiger partial charge in [0.05, 0.1) is 11.2 Å². The maximum atomic E-state index is 4.54. The molecule has 2 heteroatoms. The summed E-state index contributed by atoms with van der Waals surface area (Å²) in [6, 6.07) is 18.7. The highest BCUT2D eigenvalue weighted by molar-refractivity contribution is 5.94. The molecule has 20 heavy (non-hydrogen) atoms. The molecule has 0 atom stereocenters. The van der Waals surface area contributed by atoms with Crippen molar-refractivity contribution in [3.05, 3.63) is 72.9 Å². The quantitative estimate of drug-likeness (QED) is 0.595. The molecule has 0 aliphatic carbocycles. The van der Waals surface area contributed by atoms with Crippen LogP contribution in [0.25, 0.3) is 16.6 Å². The summed E-state index contributed by atoms with van der Waals surface area (Å²) in [5.74, 6) is 0. The minimum Gasteiger partial charge on any atom is -0.314 e. The average Bonchev–Trinajstić information content (AvgIpc) is 2.88. The van der Waals surface area contributed by atoms with E-state index < -0.39 is 0 Å². The Kier molecular flexibility index (Phi) is 3.46. The predicted octanol–water partition coefficient (Wildman–Crippen LogP) is 4.91. The van der Waals surface area contributed by atoms with Gasteiger partial charge in [-0.3, -0.25) is 4.99 Å². The van der Waals surface area contributed by atoms with Crippen molar-refractivity contribution < 1.29 is 0 Å². The van der Waals surface area contributed by atoms with Gasteiger partial charge in [-0.25, -0.2) is 0 Å². The third-order valence-electron chi connectivity index (χ3n) is 3.22. The molecule has 0 fully saturated rings. The SMILES string of the molecule is C/C=C\C=N/c1cn(-c2ccccc2)c2ccccc12. The number of aromatic nitrogens is 1. The molecular weight excluding hydrogens is 244 g/mol. The Hall–Kier alpha value is -2.61. The fourth-order valence-corrected chi connectivity index (χ4v) is 2.28. The largest absolute Gasteiger partial charge is 0.314 e. The molecular formula is C18H16N2. The van der Waals surface area contributed by atoms with Gasteiger partial charge in [0.15, 0.2) is 0 Å². The molecule has 1 aromatic heterocycles. The van der Waals surface area contributed by atoms with E-state index in [1.165, 1.54) is 5.52 Å². The fraction of sp³-hybridized carbons (Fsp3) is 0.0556. The molecule has 98 valence electrons. The molecule has 0 unspecified atom stereocenters. The number of rotatable bonds is 3. The van der Waals surface area contributed by atoms with Crippen molar-refractivity contribution in [2.24, 2.45) is 4.99 Å². The molecule has 2 nitrogen and oxygen atoms in total. The highest BCUT2D eigenvalue weighted by Gasteiger charge is 2.07. The number of fused-ring (bicyclic) bond motifs is 1. The molecule has 0 aliphatic rings. The second kappa shape index (κ2) is 5.57. The van der Waals surface area contributed by atoms with Crippen molar-refractivity contribution in [3.8, 4) is 5.69 Å². The summed E-state index contributed by atoms with van der Waals surface area (Å²) < 4.78 is 2.18. The van der Waals surface area contributed by atoms with E-state index in [9.17, 15) is 0 Å². The van der Waals surface area contributed by atoms with Gasteiger partial charge in [-0.15, -0.1) is 0 Å². The van der Waals surface area contributed by atoms with Gasteiger partial charge in [0.25, 0.3) is 0 Å². The molecule has 0 spiro atoms. The van der Waals surface area contributed by atoms with Gasteiger partial charge in [0, 0.05) is 23.5 Å². The molecule has 0 amide bonds. The van der Waals surface area contributed by atoms with E-state index in [1.54, 1.807) is 0 Å². The first-order chi connectivity index (χ1) is 9.90. The molecule has 0 N–H and O–H groups in total. The molecule has 0 bridgehead atoms. The Morgan fingerprint density at radius 1 is 0.950 bits per heavy atom. The third kappa shape index (κ3) is 2.28. The van der Waals surface area contributed by atoms with Crippen LogP contribution in [0.15, 0.2) is 77.9 Å². The Morgan fingerprint density at radius 3 is 2.50 bits per heavy atom. The van der Waals surface area contributed by atoms with Crippen molar-refractivity contribution in [1.82, 2.24) is 4.57 Å². The van der Waals surface area contributed by atoms with Crippen LogP contribution in [0, 0.1) is 0 Å². The minimum atomic E-state index is 0.988. The minimum absolute atomic E-state index is 0.988. The van der Waals surface area contributed by atoms with E-state index in [2.05, 4.69) is 46.1 Å². The van der Waals surface area contributed by atoms with Crippen LogP contribution in [0.5, 0.6) is 0 Å². The number of nitrogens with zero attached hydrogens (tertiary/aromatic N) is 2. The highest BCUT2D eigenvalue weighted by atomic mass is 15.0. The zero-order valence-corrected chi connectivity index (χ0v) is 11.4. The van der Waals surface area contributed by atoms with Gasteiger partial charge in [-0.1, -0.05) is 42.5 Å². The lowest BCUT2D eigenvalue weighted by Gasteiger charge is -2.03. The Balaban J connectivity index is 2.19. The molecule has 1 heterocycles. The Morgan fingerprint density at radius 2 is 1.70 bits per heavy atom. The first-order valence-corrected chi connectivity index (χ1v) is 6.71. The summed E-state index contributed by atoms with van der Waals surface area (Å²) in [5.41, 5.74) is 3.31. The summed E-state index contributed by atoms with van der Waals surface area (Å²) in [4.78, 5) is 4.54. The molecule has 3 aromatic rings. The van der Waals surface area contributed by atoms with E-state index >= 15 is 0 Å². The number of hydrogen-bond acceptors (Lipinski definition) is 1. The van der Waals surface area contributed by atoms with Crippen LogP contribution in [-0.2, 0) is 0 Å². The lowest BCUT2D eigenvalue weighted by atomic mass is 10.2. The van der Waals surface area contributed by atoms with Crippen molar-refractivity contribution in [2.45, 2.75) is 6.92 Å². The lowest BCUT2D eigenvalue weighted by molar-refractivity contribution is 1.13. The van der Waals surface area contributed by atoms with Crippen LogP contribution >= 0.6 is 0 Å². The van der Waals surface area contributed by atoms with Crippen molar-refractivity contribution in [2.75, 3.05) is 0 Å². The predicted molar refractivity (Wildman–Crippen MR) is 86.2 cm³/mol. The van der Waals surface area contributed by atoms with Crippen molar-refractivity contribution >= 4 is 22.8 Å². The summed E-state index contributed by atoms with van der Waals surface area (Å²) in [7, 11) is 0. The number of hydrogen-bond donors (Lipinski definition) is 0. The maximum Gasteiger partial charge on any atom is 0.0889 e. The molecule has 0 aliphatic heterocycles. The number of allylic oxidation sites excluding steroid dienone is 2. The Labute approximate surface area is 118 Å². The second-order valence-electron chi connectivity index (χ2n) is 4.54. The van der Waals surface area contributed by atoms with Crippen LogP contribution in [0.3, 0.4) is 0 Å². The molecule has 2 aromatic carbocycles. The smallest absolute Gasteiger partial charge is 0.0889 e. The van der Waals surface area contributed by atoms with Gasteiger partial charge in [0.2, 0.25) is 0 Å². The Bertz CT molecular complexity index is 764. The molecule has 0 radical (unpaired) electrons. The summed E-state index contributed by atoms with van der Waals surface area (Å²) in [5, 5.41) is 1.16. The summed E-state index contributed by atoms with van der Waals surface area (Å²) in [6.45, 7) is 1.99. The fourth-order valence-electron chi connectivity index (χ4n) is 2.28. The summed E-state index contributed by atoms with van der Waals surface area (Å²) in [6.07, 6.45) is 7.83. The maximum absolute atomic E-state index is 4.54. The molecule has 0 saturated heterocycles. The zero-order valence-electron chi connectivity index (χ0n) is 11.4. The molecule has 0 saturated carbocycles. The van der Waals surface area contributed by atoms with E-state index in [0.717, 1.165) is 16.8 Å². The van der Waals surface area contributed by atoms with Crippen molar-refractivity contribution in [3.63, 3.8) is 0 Å². The molecule has 3 rings (SSSR count). The average molecular weight is 260 g/mol. The van der Waals surface area contributed by atoms with Crippen molar-refractivity contribution in [1.29, 1.82) is 0 Å². The number of para-hydroxylation sites is 2. The first kappa shape index (κ1) is 12.4. The van der Waals surface area contributed by atoms with Crippen LogP contribution in [-0.4, -0.2) is 10.8 Å². The van der Waals surface area contributed by atoms with E-state index in [4.69, 9.17) is 0 Å². The zero-order chi connectivity index (χ0) is 13.8. The monoisotopic (exact) mass is 260 g/mol. The van der Waals surface area contributed by atoms with Gasteiger partial charge < -0.3 is 4.57 Å². The third-order valence-corrected chi connectivity index (χ3v) is 3.22. The van der Waals surface area contributed by atoms with Gasteiger partial charge in [-0.05, 0) is 31.2 Å². The van der Waals surface area contributed by atoms with Crippen LogP contribution in [0.1, 0.15) is 6.92 Å². The van der Waals surface area contributed by atoms with Crippen LogP contribution in [0.2, 0.25) is 0 Å². The second-order valence-corrected chi connectivity index (χ2v) is 4.54. The first-order valence-electron chi connectivity index (χ1n) is 6.71. The number of benzene rings is 2. The van der Waals surface area contributed by atoms with Gasteiger partial charge in [-0.2, -0.15) is 0 Å². The van der Waals surface area contributed by atoms with E-state index in [-0.39, 0.29) is 0 Å². The topological polar surface area (TPSA) is 17.3 Å². The number of aliphatic imine (C=N–C) groups is 1. The normalized spacial score (nSPS) is 11.8. The van der Waals surface area contributed by atoms with Gasteiger partial charge in [0.1, 0.15) is 0 Å². The van der Waals surface area contributed by atoms with E-state index in [0.29, 0.717) is 0 Å².